The summed E-state index contributed by atoms with van der Waals surface area (Å²) in [5, 5.41) is 3.27. The zero-order valence-corrected chi connectivity index (χ0v) is 20.3. The van der Waals surface area contributed by atoms with Crippen LogP contribution in [0.4, 0.5) is 0 Å². The van der Waals surface area contributed by atoms with E-state index in [1.165, 1.54) is 7.05 Å². The van der Waals surface area contributed by atoms with Crippen molar-refractivity contribution < 1.29 is 13.2 Å². The Hall–Kier alpha value is -1.85. The molecule has 2 rings (SSSR count). The van der Waals surface area contributed by atoms with E-state index in [2.05, 4.69) is 15.0 Å². The highest BCUT2D eigenvalue weighted by Crippen LogP contribution is 2.14. The number of hydrogen-bond donors (Lipinski definition) is 2. The molecule has 0 unspecified atom stereocenters. The Morgan fingerprint density at radius 2 is 1.83 bits per heavy atom. The Balaban J connectivity index is 0.00000420. The highest BCUT2D eigenvalue weighted by atomic mass is 127. The van der Waals surface area contributed by atoms with Crippen LogP contribution in [0.1, 0.15) is 18.1 Å². The van der Waals surface area contributed by atoms with Crippen molar-refractivity contribution >= 4 is 40.0 Å². The van der Waals surface area contributed by atoms with E-state index in [1.54, 1.807) is 25.2 Å². The molecule has 0 aliphatic rings. The fourth-order valence-electron chi connectivity index (χ4n) is 2.71. The fraction of sp³-hybridized carbons (Fsp3) is 0.350. The Morgan fingerprint density at radius 3 is 2.41 bits per heavy atom. The Kier molecular flexibility index (Phi) is 10.4. The molecule has 0 fully saturated rings. The van der Waals surface area contributed by atoms with E-state index in [0.29, 0.717) is 19.7 Å². The lowest BCUT2D eigenvalue weighted by Gasteiger charge is -2.22. The molecule has 0 heterocycles. The first-order valence-electron chi connectivity index (χ1n) is 9.05. The molecule has 9 heteroatoms. The maximum absolute atomic E-state index is 12.0. The molecule has 2 N–H and O–H groups in total. The third-order valence-electron chi connectivity index (χ3n) is 4.16. The smallest absolute Gasteiger partial charge is 0.240 e. The summed E-state index contributed by atoms with van der Waals surface area (Å²) in [5.74, 6) is 1.57. The Morgan fingerprint density at radius 1 is 1.14 bits per heavy atom. The molecule has 0 aliphatic heterocycles. The van der Waals surface area contributed by atoms with Gasteiger partial charge in [-0.3, -0.25) is 4.99 Å². The molecular weight excluding hydrogens is 503 g/mol. The summed E-state index contributed by atoms with van der Waals surface area (Å²) in [4.78, 5) is 6.56. The number of hydrogen-bond acceptors (Lipinski definition) is 4. The van der Waals surface area contributed by atoms with Crippen molar-refractivity contribution in [3.05, 3.63) is 59.7 Å². The standard InChI is InChI=1S/C20H28N4O3S.HI/c1-5-27-18-11-9-16(10-12-18)15-24(4)20(21-2)23-14-17-7-6-8-19(13-17)28(25,26)22-3;/h6-13,22H,5,14-15H2,1-4H3,(H,21,23);1H. The van der Waals surface area contributed by atoms with Crippen molar-refractivity contribution in [3.8, 4) is 5.75 Å². The quantitative estimate of drug-likeness (QED) is 0.311. The van der Waals surface area contributed by atoms with Crippen molar-refractivity contribution in [3.63, 3.8) is 0 Å². The molecule has 29 heavy (non-hydrogen) atoms. The van der Waals surface area contributed by atoms with Gasteiger partial charge in [-0.15, -0.1) is 24.0 Å². The molecule has 0 saturated carbocycles. The predicted molar refractivity (Wildman–Crippen MR) is 127 cm³/mol. The second-order valence-electron chi connectivity index (χ2n) is 6.19. The van der Waals surface area contributed by atoms with Gasteiger partial charge < -0.3 is 15.0 Å². The summed E-state index contributed by atoms with van der Waals surface area (Å²) < 4.78 is 31.7. The van der Waals surface area contributed by atoms with Crippen LogP contribution in [-0.2, 0) is 23.1 Å². The summed E-state index contributed by atoms with van der Waals surface area (Å²) in [6.07, 6.45) is 0. The largest absolute Gasteiger partial charge is 0.494 e. The summed E-state index contributed by atoms with van der Waals surface area (Å²) >= 11 is 0. The lowest BCUT2D eigenvalue weighted by molar-refractivity contribution is 0.340. The number of rotatable bonds is 8. The number of sulfonamides is 1. The molecule has 0 atom stereocenters. The summed E-state index contributed by atoms with van der Waals surface area (Å²) in [5.41, 5.74) is 1.99. The normalized spacial score (nSPS) is 11.5. The van der Waals surface area contributed by atoms with E-state index in [-0.39, 0.29) is 28.9 Å². The van der Waals surface area contributed by atoms with Crippen LogP contribution in [0.15, 0.2) is 58.4 Å². The highest BCUT2D eigenvalue weighted by molar-refractivity contribution is 14.0. The van der Waals surface area contributed by atoms with Crippen LogP contribution in [0.2, 0.25) is 0 Å². The molecule has 0 saturated heterocycles. The van der Waals surface area contributed by atoms with Crippen LogP contribution in [0, 0.1) is 0 Å². The average Bonchev–Trinajstić information content (AvgIpc) is 2.70. The maximum atomic E-state index is 12.0. The third-order valence-corrected chi connectivity index (χ3v) is 5.57. The van der Waals surface area contributed by atoms with Gasteiger partial charge in [-0.25, -0.2) is 13.1 Å². The first-order valence-corrected chi connectivity index (χ1v) is 10.5. The van der Waals surface area contributed by atoms with Gasteiger partial charge in [-0.2, -0.15) is 0 Å². The summed E-state index contributed by atoms with van der Waals surface area (Å²) in [7, 11) is 1.62. The molecule has 0 aliphatic carbocycles. The zero-order chi connectivity index (χ0) is 20.6. The molecule has 160 valence electrons. The van der Waals surface area contributed by atoms with E-state index >= 15 is 0 Å². The third kappa shape index (κ3) is 7.48. The topological polar surface area (TPSA) is 83.0 Å². The SMILES string of the molecule is CCOc1ccc(CN(C)C(=NC)NCc2cccc(S(=O)(=O)NC)c2)cc1.I. The summed E-state index contributed by atoms with van der Waals surface area (Å²) in [6, 6.07) is 14.8. The van der Waals surface area contributed by atoms with Crippen molar-refractivity contribution in [2.45, 2.75) is 24.9 Å². The summed E-state index contributed by atoms with van der Waals surface area (Å²) in [6.45, 7) is 3.75. The average molecular weight is 532 g/mol. The van der Waals surface area contributed by atoms with Crippen LogP contribution in [0.5, 0.6) is 5.75 Å². The minimum absolute atomic E-state index is 0. The van der Waals surface area contributed by atoms with Gasteiger partial charge in [0.25, 0.3) is 0 Å². The molecule has 7 nitrogen and oxygen atoms in total. The van der Waals surface area contributed by atoms with Gasteiger partial charge in [0.2, 0.25) is 10.0 Å². The number of halogens is 1. The first kappa shape index (κ1) is 25.2. The van der Waals surface area contributed by atoms with Gasteiger partial charge in [-0.05, 0) is 49.4 Å². The number of nitrogens with zero attached hydrogens (tertiary/aromatic N) is 2. The number of ether oxygens (including phenoxy) is 1. The van der Waals surface area contributed by atoms with Crippen LogP contribution < -0.4 is 14.8 Å². The van der Waals surface area contributed by atoms with Crippen LogP contribution in [0.3, 0.4) is 0 Å². The monoisotopic (exact) mass is 532 g/mol. The van der Waals surface area contributed by atoms with E-state index in [1.807, 2.05) is 49.2 Å². The fourth-order valence-corrected chi connectivity index (χ4v) is 3.51. The minimum Gasteiger partial charge on any atom is -0.494 e. The van der Waals surface area contributed by atoms with Crippen molar-refractivity contribution in [2.24, 2.45) is 4.99 Å². The van der Waals surface area contributed by atoms with Crippen LogP contribution in [0.25, 0.3) is 0 Å². The van der Waals surface area contributed by atoms with Gasteiger partial charge in [0.15, 0.2) is 5.96 Å². The second kappa shape index (κ2) is 12.0. The van der Waals surface area contributed by atoms with Crippen molar-refractivity contribution in [1.29, 1.82) is 0 Å². The number of nitrogens with one attached hydrogen (secondary N) is 2. The molecule has 0 radical (unpaired) electrons. The van der Waals surface area contributed by atoms with Crippen molar-refractivity contribution in [2.75, 3.05) is 27.7 Å². The van der Waals surface area contributed by atoms with Crippen LogP contribution in [-0.4, -0.2) is 47.0 Å². The van der Waals surface area contributed by atoms with Gasteiger partial charge in [-0.1, -0.05) is 24.3 Å². The second-order valence-corrected chi connectivity index (χ2v) is 8.08. The molecular formula is C20H29IN4O3S. The lowest BCUT2D eigenvalue weighted by Crippen LogP contribution is -2.38. The molecule has 2 aromatic rings. The predicted octanol–water partition coefficient (Wildman–Crippen LogP) is 2.82. The van der Waals surface area contributed by atoms with Crippen molar-refractivity contribution in [1.82, 2.24) is 14.9 Å². The Bertz CT molecular complexity index is 902. The van der Waals surface area contributed by atoms with Gasteiger partial charge in [0.05, 0.1) is 11.5 Å². The minimum atomic E-state index is -3.46. The zero-order valence-electron chi connectivity index (χ0n) is 17.2. The molecule has 0 bridgehead atoms. The number of guanidine groups is 1. The molecule has 0 amide bonds. The van der Waals surface area contributed by atoms with Crippen LogP contribution >= 0.6 is 24.0 Å². The van der Waals surface area contributed by atoms with E-state index < -0.39 is 10.0 Å². The van der Waals surface area contributed by atoms with E-state index in [4.69, 9.17) is 4.74 Å². The number of benzene rings is 2. The Labute approximate surface area is 190 Å². The highest BCUT2D eigenvalue weighted by Gasteiger charge is 2.12. The van der Waals surface area contributed by atoms with Gasteiger partial charge >= 0.3 is 0 Å². The van der Waals surface area contributed by atoms with Gasteiger partial charge in [0, 0.05) is 27.2 Å². The maximum Gasteiger partial charge on any atom is 0.240 e. The lowest BCUT2D eigenvalue weighted by atomic mass is 10.2. The van der Waals surface area contributed by atoms with E-state index in [9.17, 15) is 8.42 Å². The van der Waals surface area contributed by atoms with Gasteiger partial charge in [0.1, 0.15) is 5.75 Å². The molecule has 2 aromatic carbocycles. The van der Waals surface area contributed by atoms with E-state index in [0.717, 1.165) is 22.8 Å². The first-order chi connectivity index (χ1) is 13.4. The molecule has 0 spiro atoms. The number of aliphatic imine (C=N–C) groups is 1. The molecule has 0 aromatic heterocycles.